The predicted octanol–water partition coefficient (Wildman–Crippen LogP) is 5.82. The van der Waals surface area contributed by atoms with E-state index < -0.39 is 0 Å². The number of aryl methyl sites for hydroxylation is 2. The number of unbranched alkanes of at least 4 members (excludes halogenated alkanes) is 2. The number of nitrogens with one attached hydrogen (secondary N) is 1. The van der Waals surface area contributed by atoms with Crippen LogP contribution in [0.1, 0.15) is 53.6 Å². The first-order chi connectivity index (χ1) is 14.2. The van der Waals surface area contributed by atoms with Gasteiger partial charge in [-0.25, -0.2) is 0 Å². The van der Waals surface area contributed by atoms with E-state index in [-0.39, 0.29) is 5.78 Å². The third-order valence-corrected chi connectivity index (χ3v) is 6.26. The lowest BCUT2D eigenvalue weighted by Gasteiger charge is -2.16. The molecule has 0 radical (unpaired) electrons. The number of ketones is 1. The summed E-state index contributed by atoms with van der Waals surface area (Å²) in [5, 5.41) is 5.54. The fourth-order valence-electron chi connectivity index (χ4n) is 4.32. The molecule has 0 bridgehead atoms. The second-order valence-corrected chi connectivity index (χ2v) is 8.42. The summed E-state index contributed by atoms with van der Waals surface area (Å²) in [6.45, 7) is 3.02. The Balaban J connectivity index is 1.16. The van der Waals surface area contributed by atoms with Gasteiger partial charge in [0, 0.05) is 35.1 Å². The van der Waals surface area contributed by atoms with Crippen LogP contribution in [0.2, 0.25) is 5.02 Å². The lowest BCUT2D eigenvalue weighted by molar-refractivity contribution is 0.0979. The van der Waals surface area contributed by atoms with Crippen molar-refractivity contribution in [3.8, 4) is 0 Å². The molecular formula is C25H29ClN2O. The van der Waals surface area contributed by atoms with Crippen molar-refractivity contribution in [3.05, 3.63) is 70.4 Å². The Bertz CT molecular complexity index is 992. The number of rotatable bonds is 10. The van der Waals surface area contributed by atoms with Gasteiger partial charge >= 0.3 is 0 Å². The van der Waals surface area contributed by atoms with Crippen LogP contribution in [0.25, 0.3) is 10.9 Å². The molecule has 3 aromatic rings. The van der Waals surface area contributed by atoms with E-state index in [1.807, 2.05) is 18.2 Å². The Kier molecular flexibility index (Phi) is 6.68. The highest BCUT2D eigenvalue weighted by Crippen LogP contribution is 2.28. The van der Waals surface area contributed by atoms with Crippen LogP contribution in [0.15, 0.2) is 48.7 Å². The van der Waals surface area contributed by atoms with Crippen molar-refractivity contribution in [2.75, 3.05) is 13.1 Å². The van der Waals surface area contributed by atoms with Gasteiger partial charge in [0.2, 0.25) is 0 Å². The highest BCUT2D eigenvalue weighted by Gasteiger charge is 2.16. The van der Waals surface area contributed by atoms with Gasteiger partial charge in [-0.05, 0) is 80.6 Å². The van der Waals surface area contributed by atoms with Crippen LogP contribution >= 0.6 is 11.6 Å². The molecule has 0 amide bonds. The smallest absolute Gasteiger partial charge is 0.162 e. The molecule has 0 unspecified atom stereocenters. The Morgan fingerprint density at radius 2 is 1.97 bits per heavy atom. The van der Waals surface area contributed by atoms with E-state index in [9.17, 15) is 4.79 Å². The summed E-state index contributed by atoms with van der Waals surface area (Å²) in [4.78, 5) is 12.7. The third kappa shape index (κ3) is 4.91. The number of halogens is 1. The maximum absolute atomic E-state index is 12.7. The quantitative estimate of drug-likeness (QED) is 0.339. The number of carbonyl (C=O) groups excluding carboxylic acids is 1. The average Bonchev–Trinajstić information content (AvgIpc) is 3.15. The van der Waals surface area contributed by atoms with E-state index in [1.54, 1.807) is 0 Å². The standard InChI is InChI=1S/C25H29ClN2O/c26-23-9-4-3-7-19(23)11-14-27-13-5-1-2-10-24(29)22-17-20-8-6-15-28-16-12-21(18-22)25(20)28/h3-4,7,9,12,16-18,27H,1-2,5-6,8,10-11,13-15H2. The maximum atomic E-state index is 12.7. The van der Waals surface area contributed by atoms with E-state index in [0.717, 1.165) is 68.7 Å². The second kappa shape index (κ2) is 9.60. The normalized spacial score (nSPS) is 13.1. The van der Waals surface area contributed by atoms with Crippen LogP contribution in [0, 0.1) is 0 Å². The Labute approximate surface area is 178 Å². The summed E-state index contributed by atoms with van der Waals surface area (Å²) < 4.78 is 2.32. The summed E-state index contributed by atoms with van der Waals surface area (Å²) in [6, 6.07) is 14.4. The minimum Gasteiger partial charge on any atom is -0.347 e. The summed E-state index contributed by atoms with van der Waals surface area (Å²) in [6.07, 6.45) is 9.13. The molecule has 0 atom stereocenters. The summed E-state index contributed by atoms with van der Waals surface area (Å²) in [5.74, 6) is 0.285. The molecule has 0 saturated heterocycles. The van der Waals surface area contributed by atoms with Crippen LogP contribution in [-0.4, -0.2) is 23.4 Å². The van der Waals surface area contributed by atoms with Crippen molar-refractivity contribution in [1.29, 1.82) is 0 Å². The van der Waals surface area contributed by atoms with Crippen LogP contribution in [0.4, 0.5) is 0 Å². The minimum absolute atomic E-state index is 0.285. The Morgan fingerprint density at radius 1 is 1.07 bits per heavy atom. The Hall–Kier alpha value is -2.10. The third-order valence-electron chi connectivity index (χ3n) is 5.89. The van der Waals surface area contributed by atoms with Gasteiger partial charge in [0.15, 0.2) is 5.78 Å². The summed E-state index contributed by atoms with van der Waals surface area (Å²) in [7, 11) is 0. The van der Waals surface area contributed by atoms with Crippen molar-refractivity contribution in [1.82, 2.24) is 9.88 Å². The number of hydrogen-bond acceptors (Lipinski definition) is 2. The van der Waals surface area contributed by atoms with E-state index in [2.05, 4.69) is 40.3 Å². The van der Waals surface area contributed by atoms with Crippen molar-refractivity contribution < 1.29 is 4.79 Å². The highest BCUT2D eigenvalue weighted by atomic mass is 35.5. The van der Waals surface area contributed by atoms with E-state index in [0.29, 0.717) is 6.42 Å². The monoisotopic (exact) mass is 408 g/mol. The van der Waals surface area contributed by atoms with Gasteiger partial charge < -0.3 is 9.88 Å². The van der Waals surface area contributed by atoms with Gasteiger partial charge in [-0.15, -0.1) is 0 Å². The maximum Gasteiger partial charge on any atom is 0.162 e. The molecule has 1 aliphatic rings. The van der Waals surface area contributed by atoms with Gasteiger partial charge in [0.1, 0.15) is 0 Å². The molecule has 2 heterocycles. The van der Waals surface area contributed by atoms with Crippen molar-refractivity contribution in [2.45, 2.75) is 51.5 Å². The molecule has 4 heteroatoms. The number of nitrogens with zero attached hydrogens (tertiary/aromatic N) is 1. The molecule has 0 fully saturated rings. The molecule has 0 spiro atoms. The molecule has 1 aliphatic heterocycles. The van der Waals surface area contributed by atoms with Crippen molar-refractivity contribution in [3.63, 3.8) is 0 Å². The Morgan fingerprint density at radius 3 is 2.86 bits per heavy atom. The molecule has 29 heavy (non-hydrogen) atoms. The van der Waals surface area contributed by atoms with Gasteiger partial charge in [0.05, 0.1) is 5.52 Å². The largest absolute Gasteiger partial charge is 0.347 e. The fraction of sp³-hybridized carbons (Fsp3) is 0.400. The predicted molar refractivity (Wildman–Crippen MR) is 121 cm³/mol. The molecule has 2 aromatic carbocycles. The van der Waals surface area contributed by atoms with Gasteiger partial charge in [-0.1, -0.05) is 36.2 Å². The zero-order chi connectivity index (χ0) is 20.1. The summed E-state index contributed by atoms with van der Waals surface area (Å²) >= 11 is 6.18. The number of carbonyl (C=O) groups is 1. The molecule has 0 aliphatic carbocycles. The van der Waals surface area contributed by atoms with Crippen LogP contribution in [0.3, 0.4) is 0 Å². The fourth-order valence-corrected chi connectivity index (χ4v) is 4.55. The molecular weight excluding hydrogens is 380 g/mol. The molecule has 1 N–H and O–H groups in total. The van der Waals surface area contributed by atoms with Crippen LogP contribution in [-0.2, 0) is 19.4 Å². The topological polar surface area (TPSA) is 34.0 Å². The van der Waals surface area contributed by atoms with Crippen LogP contribution < -0.4 is 5.32 Å². The number of hydrogen-bond donors (Lipinski definition) is 1. The average molecular weight is 409 g/mol. The molecule has 0 saturated carbocycles. The van der Waals surface area contributed by atoms with E-state index in [1.165, 1.54) is 22.0 Å². The lowest BCUT2D eigenvalue weighted by atomic mass is 9.96. The van der Waals surface area contributed by atoms with E-state index in [4.69, 9.17) is 11.6 Å². The molecule has 152 valence electrons. The first-order valence-electron chi connectivity index (χ1n) is 10.8. The number of Topliss-reactive ketones (excluding diaryl/α,β-unsaturated/α-hetero) is 1. The van der Waals surface area contributed by atoms with E-state index >= 15 is 0 Å². The minimum atomic E-state index is 0.285. The van der Waals surface area contributed by atoms with Crippen molar-refractivity contribution in [2.24, 2.45) is 0 Å². The molecule has 4 rings (SSSR count). The number of aromatic nitrogens is 1. The van der Waals surface area contributed by atoms with Gasteiger partial charge in [-0.3, -0.25) is 4.79 Å². The SMILES string of the molecule is O=C(CCCCCNCCc1ccccc1Cl)c1cc2c3c(ccn3CCC2)c1. The molecule has 3 nitrogen and oxygen atoms in total. The zero-order valence-corrected chi connectivity index (χ0v) is 17.7. The first-order valence-corrected chi connectivity index (χ1v) is 11.2. The van der Waals surface area contributed by atoms with Gasteiger partial charge in [0.25, 0.3) is 0 Å². The zero-order valence-electron chi connectivity index (χ0n) is 16.9. The summed E-state index contributed by atoms with van der Waals surface area (Å²) in [5.41, 5.74) is 4.75. The van der Waals surface area contributed by atoms with Crippen LogP contribution in [0.5, 0.6) is 0 Å². The lowest BCUT2D eigenvalue weighted by Crippen LogP contribution is -2.18. The second-order valence-electron chi connectivity index (χ2n) is 8.01. The van der Waals surface area contributed by atoms with Gasteiger partial charge in [-0.2, -0.15) is 0 Å². The highest BCUT2D eigenvalue weighted by molar-refractivity contribution is 6.31. The van der Waals surface area contributed by atoms with Crippen molar-refractivity contribution >= 4 is 28.3 Å². The molecule has 1 aromatic heterocycles. The number of benzene rings is 2. The first kappa shape index (κ1) is 20.2.